The maximum Gasteiger partial charge on any atom is 0.267 e. The minimum atomic E-state index is -0.567. The standard InChI is InChI=1S/C27H30N8O4/c1-38-23-9-7-21(17-29-23)25-31-26(34-12-14-39-15-13-34)24-27(32-25)35(18-30-24)11-10-28-16-20-4-2-19(3-5-20)6-8-22(36)33-37/h2-9,17-18,28,37H,10-16H2,1H3,(H,33,36)/b8-6+. The van der Waals surface area contributed by atoms with Crippen LogP contribution < -0.4 is 20.4 Å². The van der Waals surface area contributed by atoms with Crippen molar-refractivity contribution in [3.8, 4) is 17.3 Å². The summed E-state index contributed by atoms with van der Waals surface area (Å²) in [6, 6.07) is 11.5. The molecule has 1 saturated heterocycles. The number of anilines is 1. The van der Waals surface area contributed by atoms with Gasteiger partial charge in [0.1, 0.15) is 0 Å². The summed E-state index contributed by atoms with van der Waals surface area (Å²) in [6.45, 7) is 4.84. The van der Waals surface area contributed by atoms with Crippen LogP contribution in [0.25, 0.3) is 28.6 Å². The number of imidazole rings is 1. The van der Waals surface area contributed by atoms with Gasteiger partial charge in [-0.25, -0.2) is 25.4 Å². The summed E-state index contributed by atoms with van der Waals surface area (Å²) in [5, 5.41) is 12.0. The molecular formula is C27H30N8O4. The maximum atomic E-state index is 11.1. The van der Waals surface area contributed by atoms with E-state index < -0.39 is 5.91 Å². The van der Waals surface area contributed by atoms with Gasteiger partial charge in [0.05, 0.1) is 26.7 Å². The number of pyridine rings is 1. The number of hydroxylamine groups is 1. The van der Waals surface area contributed by atoms with Gasteiger partial charge in [0, 0.05) is 56.6 Å². The largest absolute Gasteiger partial charge is 0.481 e. The number of fused-ring (bicyclic) bond motifs is 1. The number of morpholine rings is 1. The van der Waals surface area contributed by atoms with Crippen molar-refractivity contribution in [3.05, 3.63) is 66.1 Å². The summed E-state index contributed by atoms with van der Waals surface area (Å²) in [4.78, 5) is 32.1. The molecule has 0 saturated carbocycles. The molecule has 0 bridgehead atoms. The molecule has 12 heteroatoms. The van der Waals surface area contributed by atoms with Crippen molar-refractivity contribution in [2.24, 2.45) is 0 Å². The molecule has 202 valence electrons. The second-order valence-electron chi connectivity index (χ2n) is 8.90. The summed E-state index contributed by atoms with van der Waals surface area (Å²) in [5.41, 5.74) is 5.88. The number of ether oxygens (including phenoxy) is 2. The maximum absolute atomic E-state index is 11.1. The predicted molar refractivity (Wildman–Crippen MR) is 145 cm³/mol. The molecular weight excluding hydrogens is 500 g/mol. The zero-order chi connectivity index (χ0) is 27.0. The Hall–Kier alpha value is -4.39. The average molecular weight is 531 g/mol. The number of benzene rings is 1. The van der Waals surface area contributed by atoms with E-state index in [1.807, 2.05) is 41.2 Å². The molecule has 1 aliphatic heterocycles. The van der Waals surface area contributed by atoms with Crippen molar-refractivity contribution in [2.75, 3.05) is 44.9 Å². The Bertz CT molecular complexity index is 1430. The Labute approximate surface area is 225 Å². The van der Waals surface area contributed by atoms with E-state index in [-0.39, 0.29) is 0 Å². The highest BCUT2D eigenvalue weighted by Crippen LogP contribution is 2.27. The van der Waals surface area contributed by atoms with Crippen LogP contribution in [0.4, 0.5) is 5.82 Å². The van der Waals surface area contributed by atoms with E-state index in [9.17, 15) is 4.79 Å². The van der Waals surface area contributed by atoms with Gasteiger partial charge in [0.15, 0.2) is 22.8 Å². The van der Waals surface area contributed by atoms with E-state index in [4.69, 9.17) is 24.6 Å². The number of rotatable bonds is 10. The third kappa shape index (κ3) is 6.37. The Morgan fingerprint density at radius 3 is 2.67 bits per heavy atom. The fraction of sp³-hybridized carbons (Fsp3) is 0.296. The van der Waals surface area contributed by atoms with Crippen LogP contribution in [0.15, 0.2) is 55.0 Å². The SMILES string of the molecule is COc1ccc(-c2nc(N3CCOCC3)c3ncn(CCNCc4ccc(/C=C/C(=O)NO)cc4)c3n2)cn1. The first-order valence-electron chi connectivity index (χ1n) is 12.6. The number of carbonyl (C=O) groups is 1. The van der Waals surface area contributed by atoms with Crippen LogP contribution in [-0.2, 0) is 22.6 Å². The van der Waals surface area contributed by atoms with Gasteiger partial charge in [-0.2, -0.15) is 0 Å². The lowest BCUT2D eigenvalue weighted by Crippen LogP contribution is -2.37. The summed E-state index contributed by atoms with van der Waals surface area (Å²) in [6.07, 6.45) is 6.43. The zero-order valence-electron chi connectivity index (χ0n) is 21.6. The highest BCUT2D eigenvalue weighted by molar-refractivity contribution is 5.90. The van der Waals surface area contributed by atoms with Crippen molar-refractivity contribution in [1.82, 2.24) is 35.3 Å². The van der Waals surface area contributed by atoms with Crippen LogP contribution in [-0.4, -0.2) is 75.6 Å². The first-order valence-corrected chi connectivity index (χ1v) is 12.6. The lowest BCUT2D eigenvalue weighted by molar-refractivity contribution is -0.124. The van der Waals surface area contributed by atoms with E-state index in [0.717, 1.165) is 46.8 Å². The topological polar surface area (TPSA) is 140 Å². The van der Waals surface area contributed by atoms with E-state index >= 15 is 0 Å². The predicted octanol–water partition coefficient (Wildman–Crippen LogP) is 2.04. The lowest BCUT2D eigenvalue weighted by atomic mass is 10.1. The molecule has 0 spiro atoms. The van der Waals surface area contributed by atoms with E-state index in [1.165, 1.54) is 6.08 Å². The van der Waals surface area contributed by atoms with Crippen LogP contribution in [0.5, 0.6) is 5.88 Å². The fourth-order valence-corrected chi connectivity index (χ4v) is 4.24. The van der Waals surface area contributed by atoms with E-state index in [2.05, 4.69) is 20.2 Å². The van der Waals surface area contributed by atoms with Gasteiger partial charge in [0.25, 0.3) is 5.91 Å². The van der Waals surface area contributed by atoms with Crippen molar-refractivity contribution in [3.63, 3.8) is 0 Å². The Balaban J connectivity index is 1.30. The molecule has 3 N–H and O–H groups in total. The molecule has 4 aromatic rings. The first-order chi connectivity index (χ1) is 19.1. The second-order valence-corrected chi connectivity index (χ2v) is 8.90. The van der Waals surface area contributed by atoms with Crippen molar-refractivity contribution in [1.29, 1.82) is 0 Å². The van der Waals surface area contributed by atoms with Crippen LogP contribution in [0.2, 0.25) is 0 Å². The van der Waals surface area contributed by atoms with Crippen LogP contribution in [0.3, 0.4) is 0 Å². The summed E-state index contributed by atoms with van der Waals surface area (Å²) in [5.74, 6) is 1.35. The fourth-order valence-electron chi connectivity index (χ4n) is 4.24. The molecule has 1 amide bonds. The minimum absolute atomic E-state index is 0.532. The molecule has 1 fully saturated rings. The van der Waals surface area contributed by atoms with Crippen LogP contribution in [0.1, 0.15) is 11.1 Å². The number of aromatic nitrogens is 5. The molecule has 0 radical (unpaired) electrons. The second kappa shape index (κ2) is 12.4. The monoisotopic (exact) mass is 530 g/mol. The highest BCUT2D eigenvalue weighted by atomic mass is 16.5. The normalized spacial score (nSPS) is 13.7. The highest BCUT2D eigenvalue weighted by Gasteiger charge is 2.21. The van der Waals surface area contributed by atoms with Gasteiger partial charge < -0.3 is 24.3 Å². The third-order valence-corrected chi connectivity index (χ3v) is 6.34. The summed E-state index contributed by atoms with van der Waals surface area (Å²) >= 11 is 0. The van der Waals surface area contributed by atoms with Crippen LogP contribution >= 0.6 is 0 Å². The van der Waals surface area contributed by atoms with Crippen LogP contribution in [0, 0.1) is 0 Å². The van der Waals surface area contributed by atoms with Crippen molar-refractivity contribution < 1.29 is 19.5 Å². The van der Waals surface area contributed by atoms with E-state index in [1.54, 1.807) is 30.9 Å². The molecule has 1 aromatic carbocycles. The number of carbonyl (C=O) groups excluding carboxylic acids is 1. The number of nitrogens with one attached hydrogen (secondary N) is 2. The molecule has 1 aliphatic rings. The van der Waals surface area contributed by atoms with Crippen molar-refractivity contribution in [2.45, 2.75) is 13.1 Å². The quantitative estimate of drug-likeness (QED) is 0.121. The summed E-state index contributed by atoms with van der Waals surface area (Å²) in [7, 11) is 1.59. The summed E-state index contributed by atoms with van der Waals surface area (Å²) < 4.78 is 12.8. The lowest BCUT2D eigenvalue weighted by Gasteiger charge is -2.28. The number of hydrogen-bond donors (Lipinski definition) is 3. The van der Waals surface area contributed by atoms with Gasteiger partial charge in [-0.3, -0.25) is 10.0 Å². The first kappa shape index (κ1) is 26.2. The number of nitrogens with zero attached hydrogens (tertiary/aromatic N) is 6. The minimum Gasteiger partial charge on any atom is -0.481 e. The molecule has 3 aromatic heterocycles. The molecule has 0 aliphatic carbocycles. The third-order valence-electron chi connectivity index (χ3n) is 6.34. The van der Waals surface area contributed by atoms with Crippen molar-refractivity contribution >= 4 is 29.0 Å². The van der Waals surface area contributed by atoms with Gasteiger partial charge in [-0.05, 0) is 23.3 Å². The van der Waals surface area contributed by atoms with Gasteiger partial charge in [-0.1, -0.05) is 24.3 Å². The number of hydrogen-bond acceptors (Lipinski definition) is 10. The zero-order valence-corrected chi connectivity index (χ0v) is 21.6. The number of amides is 1. The number of methoxy groups -OCH3 is 1. The van der Waals surface area contributed by atoms with Gasteiger partial charge in [-0.15, -0.1) is 0 Å². The Kier molecular flexibility index (Phi) is 8.36. The molecule has 12 nitrogen and oxygen atoms in total. The Morgan fingerprint density at radius 1 is 1.13 bits per heavy atom. The molecule has 0 unspecified atom stereocenters. The molecule has 4 heterocycles. The van der Waals surface area contributed by atoms with E-state index in [0.29, 0.717) is 44.6 Å². The van der Waals surface area contributed by atoms with Gasteiger partial charge >= 0.3 is 0 Å². The molecule has 39 heavy (non-hydrogen) atoms. The molecule has 0 atom stereocenters. The smallest absolute Gasteiger partial charge is 0.267 e. The average Bonchev–Trinajstić information content (AvgIpc) is 3.41. The van der Waals surface area contributed by atoms with Gasteiger partial charge in [0.2, 0.25) is 5.88 Å². The Morgan fingerprint density at radius 2 is 1.95 bits per heavy atom. The molecule has 5 rings (SSSR count).